The molecule has 0 aromatic heterocycles. The number of amides is 1. The fourth-order valence-electron chi connectivity index (χ4n) is 3.49. The van der Waals surface area contributed by atoms with Gasteiger partial charge in [-0.3, -0.25) is 9.69 Å². The van der Waals surface area contributed by atoms with Crippen molar-refractivity contribution in [1.29, 1.82) is 0 Å². The highest BCUT2D eigenvalue weighted by molar-refractivity contribution is 7.91. The first-order valence-corrected chi connectivity index (χ1v) is 11.3. The fraction of sp³-hybridized carbons (Fsp3) is 0.409. The first-order chi connectivity index (χ1) is 13.3. The van der Waals surface area contributed by atoms with Crippen LogP contribution in [0, 0.1) is 13.8 Å². The van der Waals surface area contributed by atoms with E-state index in [1.54, 1.807) is 35.2 Å². The van der Waals surface area contributed by atoms with Gasteiger partial charge in [0.1, 0.15) is 0 Å². The van der Waals surface area contributed by atoms with Gasteiger partial charge in [0.15, 0.2) is 9.84 Å². The highest BCUT2D eigenvalue weighted by atomic mass is 32.2. The topological polar surface area (TPSA) is 57.7 Å². The molecular weight excluding hydrogens is 372 g/mol. The molecule has 5 nitrogen and oxygen atoms in total. The molecule has 0 saturated carbocycles. The van der Waals surface area contributed by atoms with Crippen molar-refractivity contribution in [2.45, 2.75) is 31.7 Å². The zero-order valence-corrected chi connectivity index (χ0v) is 17.4. The van der Waals surface area contributed by atoms with Crippen molar-refractivity contribution in [3.8, 4) is 0 Å². The number of nitrogens with zero attached hydrogens (tertiary/aromatic N) is 2. The Morgan fingerprint density at radius 3 is 2.46 bits per heavy atom. The van der Waals surface area contributed by atoms with Gasteiger partial charge in [-0.2, -0.15) is 0 Å². The van der Waals surface area contributed by atoms with E-state index >= 15 is 0 Å². The lowest BCUT2D eigenvalue weighted by molar-refractivity contribution is -0.130. The molecule has 0 spiro atoms. The molecule has 1 aliphatic rings. The maximum absolute atomic E-state index is 12.5. The van der Waals surface area contributed by atoms with Gasteiger partial charge in [-0.25, -0.2) is 8.42 Å². The van der Waals surface area contributed by atoms with Gasteiger partial charge < -0.3 is 4.90 Å². The summed E-state index contributed by atoms with van der Waals surface area (Å²) in [7, 11) is -3.37. The third-order valence-corrected chi connectivity index (χ3v) is 7.02. The van der Waals surface area contributed by atoms with Gasteiger partial charge in [-0.15, -0.1) is 0 Å². The second-order valence-electron chi connectivity index (χ2n) is 7.47. The Kier molecular flexibility index (Phi) is 6.52. The molecule has 0 N–H and O–H groups in total. The van der Waals surface area contributed by atoms with Gasteiger partial charge >= 0.3 is 0 Å². The Balaban J connectivity index is 1.60. The van der Waals surface area contributed by atoms with Gasteiger partial charge in [0, 0.05) is 39.1 Å². The number of aryl methyl sites for hydroxylation is 2. The van der Waals surface area contributed by atoms with Crippen molar-refractivity contribution in [2.75, 3.05) is 31.9 Å². The fourth-order valence-corrected chi connectivity index (χ4v) is 4.76. The normalized spacial score (nSPS) is 16.2. The molecular formula is C22H28N2O3S. The molecule has 28 heavy (non-hydrogen) atoms. The maximum Gasteiger partial charge on any atom is 0.223 e. The molecule has 1 saturated heterocycles. The van der Waals surface area contributed by atoms with Crippen molar-refractivity contribution in [3.63, 3.8) is 0 Å². The van der Waals surface area contributed by atoms with Crippen LogP contribution in [0.5, 0.6) is 0 Å². The quantitative estimate of drug-likeness (QED) is 0.748. The van der Waals surface area contributed by atoms with Gasteiger partial charge in [-0.05, 0) is 37.1 Å². The molecule has 3 rings (SSSR count). The van der Waals surface area contributed by atoms with E-state index < -0.39 is 9.84 Å². The average Bonchev–Trinajstić information content (AvgIpc) is 2.85. The van der Waals surface area contributed by atoms with Crippen molar-refractivity contribution in [2.24, 2.45) is 0 Å². The molecule has 1 heterocycles. The molecule has 2 aromatic rings. The Bertz CT molecular complexity index is 926. The van der Waals surface area contributed by atoms with Crippen molar-refractivity contribution in [1.82, 2.24) is 9.80 Å². The van der Waals surface area contributed by atoms with Crippen molar-refractivity contribution < 1.29 is 13.2 Å². The van der Waals surface area contributed by atoms with Crippen LogP contribution in [0.25, 0.3) is 0 Å². The Labute approximate surface area is 167 Å². The van der Waals surface area contributed by atoms with Gasteiger partial charge in [0.05, 0.1) is 10.6 Å². The Morgan fingerprint density at radius 2 is 1.71 bits per heavy atom. The molecule has 0 unspecified atom stereocenters. The maximum atomic E-state index is 12.5. The van der Waals surface area contributed by atoms with E-state index in [0.717, 1.165) is 13.1 Å². The highest BCUT2D eigenvalue weighted by Gasteiger charge is 2.23. The van der Waals surface area contributed by atoms with Crippen LogP contribution in [0.1, 0.15) is 23.1 Å². The monoisotopic (exact) mass is 400 g/mol. The molecule has 2 aromatic carbocycles. The Hall–Kier alpha value is -2.18. The van der Waals surface area contributed by atoms with Crippen LogP contribution in [-0.2, 0) is 21.2 Å². The molecule has 0 bridgehead atoms. The zero-order chi connectivity index (χ0) is 20.1. The number of benzene rings is 2. The minimum atomic E-state index is -3.37. The van der Waals surface area contributed by atoms with Crippen LogP contribution >= 0.6 is 0 Å². The smallest absolute Gasteiger partial charge is 0.223 e. The first-order valence-electron chi connectivity index (χ1n) is 9.69. The predicted molar refractivity (Wildman–Crippen MR) is 111 cm³/mol. The summed E-state index contributed by atoms with van der Waals surface area (Å²) in [5.74, 6) is -0.00792. The summed E-state index contributed by atoms with van der Waals surface area (Å²) >= 11 is 0. The Morgan fingerprint density at radius 1 is 0.964 bits per heavy atom. The largest absolute Gasteiger partial charge is 0.340 e. The SMILES string of the molecule is Cc1ccc(C)c(CN2CCC(=O)N(CCS(=O)(=O)c3ccccc3)CC2)c1. The minimum Gasteiger partial charge on any atom is -0.340 e. The average molecular weight is 401 g/mol. The van der Waals surface area contributed by atoms with Gasteiger partial charge in [0.25, 0.3) is 0 Å². The molecule has 1 aliphatic heterocycles. The minimum absolute atomic E-state index is 0.0340. The lowest BCUT2D eigenvalue weighted by Gasteiger charge is -2.23. The zero-order valence-electron chi connectivity index (χ0n) is 16.6. The summed E-state index contributed by atoms with van der Waals surface area (Å²) in [5.41, 5.74) is 3.78. The van der Waals surface area contributed by atoms with E-state index in [-0.39, 0.29) is 18.2 Å². The summed E-state index contributed by atoms with van der Waals surface area (Å²) in [6.45, 7) is 7.28. The number of hydrogen-bond acceptors (Lipinski definition) is 4. The van der Waals surface area contributed by atoms with Crippen LogP contribution in [-0.4, -0.2) is 56.1 Å². The van der Waals surface area contributed by atoms with Gasteiger partial charge in [0.2, 0.25) is 5.91 Å². The van der Waals surface area contributed by atoms with Crippen molar-refractivity contribution in [3.05, 3.63) is 65.2 Å². The lowest BCUT2D eigenvalue weighted by atomic mass is 10.1. The third-order valence-electron chi connectivity index (χ3n) is 5.31. The molecule has 150 valence electrons. The molecule has 1 amide bonds. The second-order valence-corrected chi connectivity index (χ2v) is 9.58. The van der Waals surface area contributed by atoms with E-state index in [1.165, 1.54) is 16.7 Å². The number of hydrogen-bond donors (Lipinski definition) is 0. The summed E-state index contributed by atoms with van der Waals surface area (Å²) in [6, 6.07) is 14.9. The summed E-state index contributed by atoms with van der Waals surface area (Å²) < 4.78 is 25.0. The first kappa shape index (κ1) is 20.6. The molecule has 1 fully saturated rings. The summed E-state index contributed by atoms with van der Waals surface area (Å²) in [6.07, 6.45) is 0.427. The van der Waals surface area contributed by atoms with E-state index in [1.807, 2.05) is 0 Å². The predicted octanol–water partition coefficient (Wildman–Crippen LogP) is 2.81. The van der Waals surface area contributed by atoms with Crippen LogP contribution in [0.4, 0.5) is 0 Å². The number of carbonyl (C=O) groups excluding carboxylic acids is 1. The van der Waals surface area contributed by atoms with Crippen molar-refractivity contribution >= 4 is 15.7 Å². The second kappa shape index (κ2) is 8.88. The van der Waals surface area contributed by atoms with Crippen LogP contribution in [0.15, 0.2) is 53.4 Å². The molecule has 0 radical (unpaired) electrons. The van der Waals surface area contributed by atoms with Crippen LogP contribution in [0.2, 0.25) is 0 Å². The lowest BCUT2D eigenvalue weighted by Crippen LogP contribution is -2.36. The number of rotatable bonds is 6. The van der Waals surface area contributed by atoms with E-state index in [0.29, 0.717) is 24.4 Å². The third kappa shape index (κ3) is 5.20. The molecule has 0 atom stereocenters. The van der Waals surface area contributed by atoms with E-state index in [9.17, 15) is 13.2 Å². The summed E-state index contributed by atoms with van der Waals surface area (Å²) in [4.78, 5) is 16.8. The number of carbonyl (C=O) groups is 1. The van der Waals surface area contributed by atoms with Crippen LogP contribution in [0.3, 0.4) is 0 Å². The number of sulfone groups is 1. The van der Waals surface area contributed by atoms with Gasteiger partial charge in [-0.1, -0.05) is 42.0 Å². The summed E-state index contributed by atoms with van der Waals surface area (Å²) in [5, 5.41) is 0. The molecule has 6 heteroatoms. The van der Waals surface area contributed by atoms with E-state index in [2.05, 4.69) is 36.9 Å². The van der Waals surface area contributed by atoms with E-state index in [4.69, 9.17) is 0 Å². The standard InChI is InChI=1S/C22H28N2O3S/c1-18-8-9-19(2)20(16-18)17-23-11-10-22(25)24(13-12-23)14-15-28(26,27)21-6-4-3-5-7-21/h3-9,16H,10-15,17H2,1-2H3. The highest BCUT2D eigenvalue weighted by Crippen LogP contribution is 2.16. The molecule has 0 aliphatic carbocycles. The van der Waals surface area contributed by atoms with Crippen LogP contribution < -0.4 is 0 Å².